The summed E-state index contributed by atoms with van der Waals surface area (Å²) in [5, 5.41) is 0. The standard InChI is InChI=1S/C20H24O2.C14H18N2O2/c1-6-8-9-10-11-16(7-2)20(21)18-13-12-17(15(3)4)14-19(18)22-5;1-4-10-5-6-12(13(7-10)18-3)14(17)11(8-15)9-16-2/h7,10-15H,6H2,1-5H3;5-9H,4,15H2,1-3H3/b11-10-,16-7+;11-8+,16-9?. The first-order valence-electron chi connectivity index (χ1n) is 13.3. The number of benzene rings is 2. The van der Waals surface area contributed by atoms with Gasteiger partial charge >= 0.3 is 0 Å². The molecule has 2 N–H and O–H groups in total. The Morgan fingerprint density at radius 3 is 2.08 bits per heavy atom. The van der Waals surface area contributed by atoms with Crippen LogP contribution in [0.5, 0.6) is 11.5 Å². The first-order chi connectivity index (χ1) is 19.2. The van der Waals surface area contributed by atoms with Gasteiger partial charge in [0.05, 0.1) is 30.9 Å². The van der Waals surface area contributed by atoms with Crippen molar-refractivity contribution in [1.29, 1.82) is 0 Å². The number of nitrogens with two attached hydrogens (primary N) is 1. The van der Waals surface area contributed by atoms with Crippen LogP contribution < -0.4 is 15.2 Å². The Labute approximate surface area is 239 Å². The van der Waals surface area contributed by atoms with Gasteiger partial charge in [-0.05, 0) is 66.8 Å². The molecule has 6 nitrogen and oxygen atoms in total. The van der Waals surface area contributed by atoms with E-state index in [-0.39, 0.29) is 11.6 Å². The molecule has 0 spiro atoms. The number of aliphatic imine (C=N–C) groups is 1. The molecular formula is C34H42N2O4. The van der Waals surface area contributed by atoms with Crippen molar-refractivity contribution >= 4 is 17.8 Å². The minimum atomic E-state index is -0.192. The number of nitrogens with zero attached hydrogens (tertiary/aromatic N) is 1. The lowest BCUT2D eigenvalue weighted by Gasteiger charge is -2.12. The zero-order valence-electron chi connectivity index (χ0n) is 25.0. The lowest BCUT2D eigenvalue weighted by Crippen LogP contribution is -2.09. The maximum Gasteiger partial charge on any atom is 0.199 e. The Bertz CT molecular complexity index is 1340. The molecule has 0 unspecified atom stereocenters. The normalized spacial score (nSPS) is 11.6. The molecule has 0 saturated heterocycles. The zero-order valence-corrected chi connectivity index (χ0v) is 25.0. The molecular weight excluding hydrogens is 500 g/mol. The number of Topliss-reactive ketones (excluding diaryl/α,β-unsaturated/α-hetero) is 2. The van der Waals surface area contributed by atoms with E-state index in [2.05, 4.69) is 30.7 Å². The average Bonchev–Trinajstić information content (AvgIpc) is 2.98. The van der Waals surface area contributed by atoms with Crippen LogP contribution in [0.2, 0.25) is 0 Å². The number of ether oxygens (including phenoxy) is 2. The third-order valence-corrected chi connectivity index (χ3v) is 5.96. The summed E-state index contributed by atoms with van der Waals surface area (Å²) in [4.78, 5) is 28.7. The highest BCUT2D eigenvalue weighted by Gasteiger charge is 2.17. The van der Waals surface area contributed by atoms with Crippen LogP contribution in [0.15, 0.2) is 77.0 Å². The molecule has 2 aromatic carbocycles. The van der Waals surface area contributed by atoms with E-state index in [1.807, 2.05) is 51.1 Å². The Balaban J connectivity index is 0.000000408. The molecule has 0 aliphatic rings. The van der Waals surface area contributed by atoms with Crippen molar-refractivity contribution in [2.24, 2.45) is 10.7 Å². The molecule has 0 amide bonds. The number of aryl methyl sites for hydroxylation is 1. The third-order valence-electron chi connectivity index (χ3n) is 5.96. The largest absolute Gasteiger partial charge is 0.496 e. The lowest BCUT2D eigenvalue weighted by molar-refractivity contribution is 0.102. The summed E-state index contributed by atoms with van der Waals surface area (Å²) >= 11 is 0. The Kier molecular flexibility index (Phi) is 15.2. The molecule has 0 aliphatic heterocycles. The van der Waals surface area contributed by atoms with E-state index in [0.29, 0.717) is 39.7 Å². The van der Waals surface area contributed by atoms with E-state index in [1.165, 1.54) is 12.4 Å². The number of allylic oxidation sites excluding steroid dienone is 5. The van der Waals surface area contributed by atoms with Gasteiger partial charge in [-0.15, -0.1) is 0 Å². The SMILES string of the molecule is C/C=C(\C=C/C#CCC)C(=O)c1ccc(C(C)C)cc1OC.CCc1ccc(C(=O)/C(C=NC)=C/N)c(OC)c1. The summed E-state index contributed by atoms with van der Waals surface area (Å²) in [7, 11) is 4.73. The smallest absolute Gasteiger partial charge is 0.199 e. The van der Waals surface area contributed by atoms with Crippen LogP contribution in [0.4, 0.5) is 0 Å². The van der Waals surface area contributed by atoms with E-state index < -0.39 is 0 Å². The summed E-state index contributed by atoms with van der Waals surface area (Å²) < 4.78 is 10.6. The fourth-order valence-corrected chi connectivity index (χ4v) is 3.62. The van der Waals surface area contributed by atoms with Crippen molar-refractivity contribution in [3.8, 4) is 23.3 Å². The van der Waals surface area contributed by atoms with Crippen molar-refractivity contribution < 1.29 is 19.1 Å². The fraction of sp³-hybridized carbons (Fsp3) is 0.324. The van der Waals surface area contributed by atoms with E-state index in [4.69, 9.17) is 15.2 Å². The molecule has 0 aliphatic carbocycles. The van der Waals surface area contributed by atoms with Gasteiger partial charge in [0.15, 0.2) is 11.6 Å². The van der Waals surface area contributed by atoms with Gasteiger partial charge in [0.1, 0.15) is 11.5 Å². The molecule has 0 atom stereocenters. The highest BCUT2D eigenvalue weighted by Crippen LogP contribution is 2.27. The van der Waals surface area contributed by atoms with Gasteiger partial charge in [0.2, 0.25) is 0 Å². The number of methoxy groups -OCH3 is 2. The monoisotopic (exact) mass is 542 g/mol. The topological polar surface area (TPSA) is 91.0 Å². The van der Waals surface area contributed by atoms with Crippen LogP contribution in [-0.4, -0.2) is 39.0 Å². The average molecular weight is 543 g/mol. The van der Waals surface area contributed by atoms with E-state index in [0.717, 1.165) is 24.0 Å². The molecule has 0 fully saturated rings. The van der Waals surface area contributed by atoms with E-state index in [1.54, 1.807) is 45.6 Å². The van der Waals surface area contributed by atoms with Crippen molar-refractivity contribution in [2.75, 3.05) is 21.3 Å². The minimum absolute atomic E-state index is 0.0517. The highest BCUT2D eigenvalue weighted by atomic mass is 16.5. The summed E-state index contributed by atoms with van der Waals surface area (Å²) in [6.07, 6.45) is 9.64. The second-order valence-corrected chi connectivity index (χ2v) is 8.92. The number of hydrogen-bond acceptors (Lipinski definition) is 6. The lowest BCUT2D eigenvalue weighted by atomic mass is 9.96. The minimum Gasteiger partial charge on any atom is -0.496 e. The second kappa shape index (κ2) is 18.0. The summed E-state index contributed by atoms with van der Waals surface area (Å²) in [6.45, 7) is 10.1. The Morgan fingerprint density at radius 1 is 0.975 bits per heavy atom. The zero-order chi connectivity index (χ0) is 30.1. The second-order valence-electron chi connectivity index (χ2n) is 8.92. The van der Waals surface area contributed by atoms with E-state index in [9.17, 15) is 9.59 Å². The molecule has 2 aromatic rings. The number of carbonyl (C=O) groups is 2. The number of ketones is 2. The van der Waals surface area contributed by atoms with Gasteiger partial charge in [0.25, 0.3) is 0 Å². The van der Waals surface area contributed by atoms with Crippen LogP contribution in [0.25, 0.3) is 0 Å². The Hall–Kier alpha value is -4.37. The fourth-order valence-electron chi connectivity index (χ4n) is 3.62. The molecule has 0 aromatic heterocycles. The van der Waals surface area contributed by atoms with Crippen molar-refractivity contribution in [3.63, 3.8) is 0 Å². The van der Waals surface area contributed by atoms with E-state index >= 15 is 0 Å². The molecule has 6 heteroatoms. The van der Waals surface area contributed by atoms with Gasteiger partial charge in [-0.25, -0.2) is 0 Å². The van der Waals surface area contributed by atoms with Crippen molar-refractivity contribution in [1.82, 2.24) is 0 Å². The summed E-state index contributed by atoms with van der Waals surface area (Å²) in [6, 6.07) is 11.3. The summed E-state index contributed by atoms with van der Waals surface area (Å²) in [5.41, 5.74) is 9.73. The van der Waals surface area contributed by atoms with Crippen LogP contribution >= 0.6 is 0 Å². The Morgan fingerprint density at radius 2 is 1.57 bits per heavy atom. The highest BCUT2D eigenvalue weighted by molar-refractivity contribution is 6.22. The van der Waals surface area contributed by atoms with Crippen molar-refractivity contribution in [3.05, 3.63) is 94.2 Å². The third kappa shape index (κ3) is 9.74. The van der Waals surface area contributed by atoms with Gasteiger partial charge in [-0.2, -0.15) is 0 Å². The van der Waals surface area contributed by atoms with Crippen LogP contribution in [-0.2, 0) is 6.42 Å². The molecule has 2 rings (SSSR count). The van der Waals surface area contributed by atoms with Gasteiger partial charge in [-0.3, -0.25) is 14.6 Å². The van der Waals surface area contributed by atoms with Crippen LogP contribution in [0.1, 0.15) is 78.8 Å². The molecule has 40 heavy (non-hydrogen) atoms. The first kappa shape index (κ1) is 33.7. The van der Waals surface area contributed by atoms with Crippen LogP contribution in [0, 0.1) is 11.8 Å². The van der Waals surface area contributed by atoms with Crippen molar-refractivity contribution in [2.45, 2.75) is 53.4 Å². The predicted octanol–water partition coefficient (Wildman–Crippen LogP) is 6.90. The molecule has 0 heterocycles. The van der Waals surface area contributed by atoms with Gasteiger partial charge < -0.3 is 15.2 Å². The molecule has 0 saturated carbocycles. The maximum atomic E-state index is 12.7. The predicted molar refractivity (Wildman–Crippen MR) is 166 cm³/mol. The number of rotatable bonds is 10. The first-order valence-corrected chi connectivity index (χ1v) is 13.3. The number of carbonyl (C=O) groups excluding carboxylic acids is 2. The molecule has 212 valence electrons. The van der Waals surface area contributed by atoms with Gasteiger partial charge in [0, 0.05) is 31.5 Å². The van der Waals surface area contributed by atoms with Crippen LogP contribution in [0.3, 0.4) is 0 Å². The number of hydrogen-bond donors (Lipinski definition) is 1. The summed E-state index contributed by atoms with van der Waals surface area (Å²) in [5.74, 6) is 7.17. The molecule has 0 bridgehead atoms. The quantitative estimate of drug-likeness (QED) is 0.116. The van der Waals surface area contributed by atoms with Gasteiger partial charge in [-0.1, -0.05) is 57.7 Å². The molecule has 0 radical (unpaired) electrons. The maximum absolute atomic E-state index is 12.7.